The lowest BCUT2D eigenvalue weighted by Gasteiger charge is -2.09. The first-order valence-corrected chi connectivity index (χ1v) is 13.0. The summed E-state index contributed by atoms with van der Waals surface area (Å²) in [6, 6.07) is 19.0. The van der Waals surface area contributed by atoms with Gasteiger partial charge in [0.2, 0.25) is 0 Å². The van der Waals surface area contributed by atoms with E-state index in [0.717, 1.165) is 11.1 Å². The Balaban J connectivity index is 1.22. The van der Waals surface area contributed by atoms with Crippen molar-refractivity contribution in [2.75, 3.05) is 79.2 Å². The second kappa shape index (κ2) is 22.7. The lowest BCUT2D eigenvalue weighted by atomic mass is 10.2. The fourth-order valence-corrected chi connectivity index (χ4v) is 2.98. The number of hydrogen-bond acceptors (Lipinski definition) is 9. The van der Waals surface area contributed by atoms with Crippen LogP contribution in [0, 0.1) is 0 Å². The zero-order valence-corrected chi connectivity index (χ0v) is 22.3. The van der Waals surface area contributed by atoms with E-state index in [4.69, 9.17) is 33.2 Å². The summed E-state index contributed by atoms with van der Waals surface area (Å²) in [5.74, 6) is 0. The Kier molecular flexibility index (Phi) is 18.7. The molecule has 2 aromatic carbocycles. The molecule has 0 aliphatic carbocycles. The molecule has 0 unspecified atom stereocenters. The van der Waals surface area contributed by atoms with E-state index < -0.39 is 12.2 Å². The van der Waals surface area contributed by atoms with Crippen molar-refractivity contribution >= 4 is 12.2 Å². The topological polar surface area (TPSA) is 123 Å². The average molecular weight is 549 g/mol. The second-order valence-corrected chi connectivity index (χ2v) is 8.04. The summed E-state index contributed by atoms with van der Waals surface area (Å²) in [5.41, 5.74) is 1.87. The van der Waals surface area contributed by atoms with Crippen molar-refractivity contribution in [1.29, 1.82) is 0 Å². The maximum absolute atomic E-state index is 11.6. The van der Waals surface area contributed by atoms with Crippen molar-refractivity contribution in [3.63, 3.8) is 0 Å². The molecule has 0 fully saturated rings. The minimum atomic E-state index is -0.474. The number of carbonyl (C=O) groups is 2. The molecule has 0 aliphatic rings. The highest BCUT2D eigenvalue weighted by atomic mass is 16.6. The van der Waals surface area contributed by atoms with Crippen LogP contribution in [-0.2, 0) is 46.4 Å². The third-order valence-corrected chi connectivity index (χ3v) is 4.95. The van der Waals surface area contributed by atoms with Gasteiger partial charge in [0.1, 0.15) is 13.2 Å². The lowest BCUT2D eigenvalue weighted by Crippen LogP contribution is -2.28. The summed E-state index contributed by atoms with van der Waals surface area (Å²) in [5, 5.41) is 5.26. The van der Waals surface area contributed by atoms with E-state index in [9.17, 15) is 9.59 Å². The number of ether oxygens (including phenoxy) is 7. The number of benzene rings is 2. The van der Waals surface area contributed by atoms with Crippen LogP contribution in [0.5, 0.6) is 0 Å². The van der Waals surface area contributed by atoms with Gasteiger partial charge in [-0.3, -0.25) is 0 Å². The first kappa shape index (κ1) is 32.0. The number of rotatable bonds is 22. The number of alkyl carbamates (subject to hydrolysis) is 2. The quantitative estimate of drug-likeness (QED) is 0.214. The molecule has 11 heteroatoms. The Hall–Kier alpha value is -3.22. The highest BCUT2D eigenvalue weighted by molar-refractivity contribution is 5.67. The number of carbonyl (C=O) groups excluding carboxylic acids is 2. The second-order valence-electron chi connectivity index (χ2n) is 8.04. The molecule has 39 heavy (non-hydrogen) atoms. The highest BCUT2D eigenvalue weighted by Gasteiger charge is 2.03. The maximum Gasteiger partial charge on any atom is 0.407 e. The Bertz CT molecular complexity index is 800. The van der Waals surface area contributed by atoms with Crippen LogP contribution in [0.25, 0.3) is 0 Å². The minimum Gasteiger partial charge on any atom is -0.445 e. The van der Waals surface area contributed by atoms with Crippen LogP contribution in [0.4, 0.5) is 9.59 Å². The molecule has 0 aliphatic heterocycles. The lowest BCUT2D eigenvalue weighted by molar-refractivity contribution is -0.0106. The average Bonchev–Trinajstić information content (AvgIpc) is 2.97. The van der Waals surface area contributed by atoms with E-state index in [1.807, 2.05) is 60.7 Å². The van der Waals surface area contributed by atoms with Gasteiger partial charge in [0.15, 0.2) is 0 Å². The first-order valence-electron chi connectivity index (χ1n) is 13.0. The molecule has 2 amide bonds. The van der Waals surface area contributed by atoms with Crippen molar-refractivity contribution in [3.05, 3.63) is 71.8 Å². The molecule has 11 nitrogen and oxygen atoms in total. The van der Waals surface area contributed by atoms with Crippen LogP contribution in [-0.4, -0.2) is 91.3 Å². The minimum absolute atomic E-state index is 0.235. The fourth-order valence-electron chi connectivity index (χ4n) is 2.98. The zero-order valence-electron chi connectivity index (χ0n) is 22.3. The Labute approximate surface area is 230 Å². The number of nitrogens with one attached hydrogen (secondary N) is 2. The molecule has 0 saturated carbocycles. The van der Waals surface area contributed by atoms with Gasteiger partial charge in [0.05, 0.1) is 66.1 Å². The predicted molar refractivity (Wildman–Crippen MR) is 143 cm³/mol. The van der Waals surface area contributed by atoms with Gasteiger partial charge in [-0.15, -0.1) is 0 Å². The third kappa shape index (κ3) is 18.6. The molecule has 0 radical (unpaired) electrons. The maximum atomic E-state index is 11.6. The highest BCUT2D eigenvalue weighted by Crippen LogP contribution is 2.01. The molecular formula is C28H40N2O9. The number of hydrogen-bond donors (Lipinski definition) is 2. The van der Waals surface area contributed by atoms with Crippen molar-refractivity contribution in [1.82, 2.24) is 10.6 Å². The van der Waals surface area contributed by atoms with Gasteiger partial charge < -0.3 is 43.8 Å². The summed E-state index contributed by atoms with van der Waals surface area (Å²) in [7, 11) is 0. The fraction of sp³-hybridized carbons (Fsp3) is 0.500. The molecular weight excluding hydrogens is 508 g/mol. The standard InChI is InChI=1S/C28H40N2O9/c31-27(38-23-25-7-3-1-4-8-25)29-11-13-33-15-17-35-19-21-37-22-20-36-18-16-34-14-12-30-28(32)39-24-26-9-5-2-6-10-26/h1-10H,11-24H2,(H,29,31)(H,30,32). The third-order valence-electron chi connectivity index (χ3n) is 4.95. The van der Waals surface area contributed by atoms with E-state index in [1.54, 1.807) is 0 Å². The van der Waals surface area contributed by atoms with Crippen molar-refractivity contribution < 1.29 is 42.7 Å². The van der Waals surface area contributed by atoms with Crippen LogP contribution >= 0.6 is 0 Å². The monoisotopic (exact) mass is 548 g/mol. The Morgan fingerprint density at radius 2 is 0.769 bits per heavy atom. The van der Waals surface area contributed by atoms with Gasteiger partial charge in [0, 0.05) is 13.1 Å². The van der Waals surface area contributed by atoms with Crippen LogP contribution in [0.2, 0.25) is 0 Å². The summed E-state index contributed by atoms with van der Waals surface area (Å²) >= 11 is 0. The Morgan fingerprint density at radius 3 is 1.10 bits per heavy atom. The molecule has 0 spiro atoms. The van der Waals surface area contributed by atoms with E-state index in [1.165, 1.54) is 0 Å². The summed E-state index contributed by atoms with van der Waals surface area (Å²) in [6.45, 7) is 5.50. The Morgan fingerprint density at radius 1 is 0.462 bits per heavy atom. The molecule has 2 N–H and O–H groups in total. The largest absolute Gasteiger partial charge is 0.445 e. The van der Waals surface area contributed by atoms with Gasteiger partial charge in [-0.25, -0.2) is 9.59 Å². The van der Waals surface area contributed by atoms with Crippen LogP contribution in [0.15, 0.2) is 60.7 Å². The molecule has 0 atom stereocenters. The van der Waals surface area contributed by atoms with Gasteiger partial charge in [-0.05, 0) is 11.1 Å². The molecule has 0 aromatic heterocycles. The van der Waals surface area contributed by atoms with E-state index in [0.29, 0.717) is 79.2 Å². The smallest absolute Gasteiger partial charge is 0.407 e. The van der Waals surface area contributed by atoms with Crippen LogP contribution in [0.3, 0.4) is 0 Å². The van der Waals surface area contributed by atoms with Crippen molar-refractivity contribution in [2.24, 2.45) is 0 Å². The summed E-state index contributed by atoms with van der Waals surface area (Å²) in [6.07, 6.45) is -0.947. The molecule has 0 heterocycles. The molecule has 216 valence electrons. The molecule has 2 rings (SSSR count). The number of amides is 2. The van der Waals surface area contributed by atoms with Crippen molar-refractivity contribution in [3.8, 4) is 0 Å². The summed E-state index contributed by atoms with van der Waals surface area (Å²) < 4.78 is 37.3. The first-order chi connectivity index (χ1) is 19.2. The van der Waals surface area contributed by atoms with Gasteiger partial charge in [-0.1, -0.05) is 60.7 Å². The van der Waals surface area contributed by atoms with E-state index >= 15 is 0 Å². The van der Waals surface area contributed by atoms with Gasteiger partial charge in [0.25, 0.3) is 0 Å². The van der Waals surface area contributed by atoms with Gasteiger partial charge in [-0.2, -0.15) is 0 Å². The van der Waals surface area contributed by atoms with Crippen molar-refractivity contribution in [2.45, 2.75) is 13.2 Å². The SMILES string of the molecule is O=C(NCCOCCOCCOCCOCCOCCNC(=O)OCc1ccccc1)OCc1ccccc1. The van der Waals surface area contributed by atoms with E-state index in [-0.39, 0.29) is 13.2 Å². The van der Waals surface area contributed by atoms with Crippen LogP contribution in [0.1, 0.15) is 11.1 Å². The normalized spacial score (nSPS) is 10.7. The molecule has 2 aromatic rings. The summed E-state index contributed by atoms with van der Waals surface area (Å²) in [4.78, 5) is 23.2. The van der Waals surface area contributed by atoms with Gasteiger partial charge >= 0.3 is 12.2 Å². The zero-order chi connectivity index (χ0) is 27.6. The molecule has 0 saturated heterocycles. The molecule has 0 bridgehead atoms. The van der Waals surface area contributed by atoms with E-state index in [2.05, 4.69) is 10.6 Å². The van der Waals surface area contributed by atoms with Crippen LogP contribution < -0.4 is 10.6 Å². The predicted octanol–water partition coefficient (Wildman–Crippen LogP) is 2.92.